The Balaban J connectivity index is 1.39. The predicted octanol–water partition coefficient (Wildman–Crippen LogP) is 4.21. The predicted molar refractivity (Wildman–Crippen MR) is 104 cm³/mol. The first-order chi connectivity index (χ1) is 14.1. The highest BCUT2D eigenvalue weighted by Gasteiger charge is 2.11. The van der Waals surface area contributed by atoms with Crippen LogP contribution in [0.1, 0.15) is 15.9 Å². The third-order valence-electron chi connectivity index (χ3n) is 3.96. The van der Waals surface area contributed by atoms with Gasteiger partial charge in [0.05, 0.1) is 0 Å². The van der Waals surface area contributed by atoms with Gasteiger partial charge in [0.25, 0.3) is 0 Å². The molecule has 3 rings (SSSR count). The molecule has 29 heavy (non-hydrogen) atoms. The number of hydrogen-bond acceptors (Lipinski definition) is 5. The van der Waals surface area contributed by atoms with Crippen molar-refractivity contribution in [2.45, 2.75) is 6.61 Å². The van der Waals surface area contributed by atoms with Crippen LogP contribution in [0.3, 0.4) is 0 Å². The SMILES string of the molecule is O=C(COc1ccc(OCc2ccccc2)cc1)OCC(=O)c1ccc(F)cc1. The van der Waals surface area contributed by atoms with Gasteiger partial charge in [-0.15, -0.1) is 0 Å². The fourth-order valence-electron chi connectivity index (χ4n) is 2.42. The number of rotatable bonds is 9. The summed E-state index contributed by atoms with van der Waals surface area (Å²) in [5.41, 5.74) is 1.33. The summed E-state index contributed by atoms with van der Waals surface area (Å²) in [5, 5.41) is 0. The molecule has 0 radical (unpaired) electrons. The minimum absolute atomic E-state index is 0.270. The van der Waals surface area contributed by atoms with Gasteiger partial charge in [0.2, 0.25) is 0 Å². The Labute approximate surface area is 167 Å². The van der Waals surface area contributed by atoms with Crippen molar-refractivity contribution in [3.05, 3.63) is 95.8 Å². The van der Waals surface area contributed by atoms with Crippen molar-refractivity contribution < 1.29 is 28.2 Å². The van der Waals surface area contributed by atoms with E-state index in [0.29, 0.717) is 18.1 Å². The molecule has 0 N–H and O–H groups in total. The van der Waals surface area contributed by atoms with Crippen LogP contribution >= 0.6 is 0 Å². The molecule has 0 saturated carbocycles. The quantitative estimate of drug-likeness (QED) is 0.402. The topological polar surface area (TPSA) is 61.8 Å². The minimum atomic E-state index is -0.676. The first kappa shape index (κ1) is 20.1. The number of halogens is 1. The van der Waals surface area contributed by atoms with E-state index < -0.39 is 24.2 Å². The van der Waals surface area contributed by atoms with Crippen LogP contribution in [-0.2, 0) is 16.1 Å². The van der Waals surface area contributed by atoms with Gasteiger partial charge < -0.3 is 14.2 Å². The molecular weight excluding hydrogens is 375 g/mol. The van der Waals surface area contributed by atoms with Crippen LogP contribution in [0.5, 0.6) is 11.5 Å². The molecule has 148 valence electrons. The average molecular weight is 394 g/mol. The van der Waals surface area contributed by atoms with E-state index in [1.54, 1.807) is 24.3 Å². The summed E-state index contributed by atoms with van der Waals surface area (Å²) >= 11 is 0. The van der Waals surface area contributed by atoms with Gasteiger partial charge in [-0.2, -0.15) is 0 Å². The average Bonchev–Trinajstić information content (AvgIpc) is 2.76. The second-order valence-electron chi connectivity index (χ2n) is 6.13. The normalized spacial score (nSPS) is 10.2. The Morgan fingerprint density at radius 1 is 0.724 bits per heavy atom. The molecule has 3 aromatic rings. The lowest BCUT2D eigenvalue weighted by Crippen LogP contribution is -2.19. The maximum Gasteiger partial charge on any atom is 0.344 e. The first-order valence-corrected chi connectivity index (χ1v) is 8.94. The van der Waals surface area contributed by atoms with Gasteiger partial charge in [-0.1, -0.05) is 30.3 Å². The Morgan fingerprint density at radius 3 is 2.00 bits per heavy atom. The molecule has 0 aromatic heterocycles. The number of carbonyl (C=O) groups excluding carboxylic acids is 2. The standard InChI is InChI=1S/C23H19FO5/c24-19-8-6-18(7-9-19)22(25)15-29-23(26)16-28-21-12-10-20(11-13-21)27-14-17-4-2-1-3-5-17/h1-13H,14-16H2. The number of esters is 1. The number of hydrogen-bond donors (Lipinski definition) is 0. The highest BCUT2D eigenvalue weighted by Crippen LogP contribution is 2.18. The smallest absolute Gasteiger partial charge is 0.344 e. The number of carbonyl (C=O) groups is 2. The molecule has 0 aliphatic carbocycles. The maximum atomic E-state index is 12.9. The van der Waals surface area contributed by atoms with Crippen molar-refractivity contribution in [2.24, 2.45) is 0 Å². The van der Waals surface area contributed by atoms with Crippen molar-refractivity contribution in [3.63, 3.8) is 0 Å². The lowest BCUT2D eigenvalue weighted by Gasteiger charge is -2.09. The van der Waals surface area contributed by atoms with Crippen LogP contribution in [0, 0.1) is 5.82 Å². The summed E-state index contributed by atoms with van der Waals surface area (Å²) in [5.74, 6) is -0.390. The van der Waals surface area contributed by atoms with E-state index >= 15 is 0 Å². The molecule has 0 saturated heterocycles. The van der Waals surface area contributed by atoms with Gasteiger partial charge in [-0.25, -0.2) is 9.18 Å². The molecule has 0 aliphatic rings. The lowest BCUT2D eigenvalue weighted by molar-refractivity contribution is -0.144. The van der Waals surface area contributed by atoms with Crippen LogP contribution < -0.4 is 9.47 Å². The zero-order chi connectivity index (χ0) is 20.5. The zero-order valence-electron chi connectivity index (χ0n) is 15.5. The van der Waals surface area contributed by atoms with E-state index in [4.69, 9.17) is 14.2 Å². The second-order valence-corrected chi connectivity index (χ2v) is 6.13. The molecular formula is C23H19FO5. The Bertz CT molecular complexity index is 937. The summed E-state index contributed by atoms with van der Waals surface area (Å²) in [6, 6.07) is 21.6. The summed E-state index contributed by atoms with van der Waals surface area (Å²) in [4.78, 5) is 23.6. The van der Waals surface area contributed by atoms with Crippen LogP contribution in [0.2, 0.25) is 0 Å². The van der Waals surface area contributed by atoms with Crippen LogP contribution in [0.4, 0.5) is 4.39 Å². The second kappa shape index (κ2) is 10.0. The molecule has 0 heterocycles. The summed E-state index contributed by atoms with van der Waals surface area (Å²) in [6.07, 6.45) is 0. The zero-order valence-corrected chi connectivity index (χ0v) is 15.5. The fraction of sp³-hybridized carbons (Fsp3) is 0.130. The highest BCUT2D eigenvalue weighted by molar-refractivity contribution is 5.97. The van der Waals surface area contributed by atoms with Crippen molar-refractivity contribution in [2.75, 3.05) is 13.2 Å². The minimum Gasteiger partial charge on any atom is -0.489 e. The third-order valence-corrected chi connectivity index (χ3v) is 3.96. The van der Waals surface area contributed by atoms with E-state index in [-0.39, 0.29) is 12.2 Å². The van der Waals surface area contributed by atoms with Crippen molar-refractivity contribution in [3.8, 4) is 11.5 Å². The first-order valence-electron chi connectivity index (χ1n) is 8.94. The number of Topliss-reactive ketones (excluding diaryl/α,β-unsaturated/α-hetero) is 1. The maximum absolute atomic E-state index is 12.9. The molecule has 5 nitrogen and oxygen atoms in total. The van der Waals surface area contributed by atoms with E-state index in [9.17, 15) is 14.0 Å². The van der Waals surface area contributed by atoms with E-state index in [1.165, 1.54) is 24.3 Å². The third kappa shape index (κ3) is 6.46. The largest absolute Gasteiger partial charge is 0.489 e. The van der Waals surface area contributed by atoms with Crippen molar-refractivity contribution >= 4 is 11.8 Å². The van der Waals surface area contributed by atoms with E-state index in [2.05, 4.69) is 0 Å². The van der Waals surface area contributed by atoms with Crippen LogP contribution in [-0.4, -0.2) is 25.0 Å². The molecule has 3 aromatic carbocycles. The van der Waals surface area contributed by atoms with Crippen molar-refractivity contribution in [1.82, 2.24) is 0 Å². The monoisotopic (exact) mass is 394 g/mol. The van der Waals surface area contributed by atoms with Crippen molar-refractivity contribution in [1.29, 1.82) is 0 Å². The Kier molecular flexibility index (Phi) is 6.95. The molecule has 6 heteroatoms. The fourth-order valence-corrected chi connectivity index (χ4v) is 2.42. The molecule has 0 spiro atoms. The summed E-state index contributed by atoms with van der Waals surface area (Å²) in [6.45, 7) is -0.309. The molecule has 0 unspecified atom stereocenters. The Hall–Kier alpha value is -3.67. The van der Waals surface area contributed by atoms with Gasteiger partial charge >= 0.3 is 5.97 Å². The number of benzene rings is 3. The van der Waals surface area contributed by atoms with Gasteiger partial charge in [0.1, 0.15) is 23.9 Å². The summed E-state index contributed by atoms with van der Waals surface area (Å²) < 4.78 is 28.8. The lowest BCUT2D eigenvalue weighted by atomic mass is 10.1. The number of ketones is 1. The van der Waals surface area contributed by atoms with Gasteiger partial charge in [-0.05, 0) is 54.1 Å². The highest BCUT2D eigenvalue weighted by atomic mass is 19.1. The van der Waals surface area contributed by atoms with Gasteiger partial charge in [-0.3, -0.25) is 4.79 Å². The molecule has 0 amide bonds. The molecule has 0 atom stereocenters. The van der Waals surface area contributed by atoms with Gasteiger partial charge in [0, 0.05) is 5.56 Å². The summed E-state index contributed by atoms with van der Waals surface area (Å²) in [7, 11) is 0. The molecule has 0 aliphatic heterocycles. The molecule has 0 fully saturated rings. The molecule has 0 bridgehead atoms. The van der Waals surface area contributed by atoms with E-state index in [1.807, 2.05) is 30.3 Å². The van der Waals surface area contributed by atoms with Crippen LogP contribution in [0.25, 0.3) is 0 Å². The number of ether oxygens (including phenoxy) is 3. The van der Waals surface area contributed by atoms with E-state index in [0.717, 1.165) is 5.56 Å². The Morgan fingerprint density at radius 2 is 1.34 bits per heavy atom. The van der Waals surface area contributed by atoms with Crippen LogP contribution in [0.15, 0.2) is 78.9 Å². The van der Waals surface area contributed by atoms with Gasteiger partial charge in [0.15, 0.2) is 19.0 Å².